The number of amides is 3. The molecule has 8 nitrogen and oxygen atoms in total. The summed E-state index contributed by atoms with van der Waals surface area (Å²) in [4.78, 5) is 30.2. The first kappa shape index (κ1) is 20.0. The minimum absolute atomic E-state index is 0.0772. The Hall–Kier alpha value is -4.27. The summed E-state index contributed by atoms with van der Waals surface area (Å²) in [6, 6.07) is 12.9. The van der Waals surface area contributed by atoms with Crippen molar-refractivity contribution in [3.8, 4) is 11.1 Å². The molecule has 2 aromatic heterocycles. The summed E-state index contributed by atoms with van der Waals surface area (Å²) in [5, 5.41) is 12.8. The van der Waals surface area contributed by atoms with Gasteiger partial charge in [-0.25, -0.2) is 9.18 Å². The summed E-state index contributed by atoms with van der Waals surface area (Å²) in [7, 11) is 3.29. The quantitative estimate of drug-likeness (QED) is 0.464. The van der Waals surface area contributed by atoms with E-state index in [4.69, 9.17) is 0 Å². The fraction of sp³-hybridized carbons (Fsp3) is 0.0909. The Morgan fingerprint density at radius 3 is 2.58 bits per heavy atom. The molecule has 31 heavy (non-hydrogen) atoms. The Bertz CT molecular complexity index is 1280. The zero-order valence-electron chi connectivity index (χ0n) is 16.8. The molecular formula is C22H19FN6O2. The number of hydrogen-bond donors (Lipinski definition) is 3. The molecule has 0 aliphatic rings. The van der Waals surface area contributed by atoms with Crippen molar-refractivity contribution in [2.24, 2.45) is 0 Å². The molecule has 0 atom stereocenters. The van der Waals surface area contributed by atoms with Gasteiger partial charge in [-0.1, -0.05) is 18.2 Å². The monoisotopic (exact) mass is 418 g/mol. The molecule has 4 rings (SSSR count). The van der Waals surface area contributed by atoms with Gasteiger partial charge in [0.2, 0.25) is 0 Å². The second-order valence-corrected chi connectivity index (χ2v) is 7.05. The van der Waals surface area contributed by atoms with Gasteiger partial charge in [0.15, 0.2) is 5.69 Å². The molecule has 0 aliphatic carbocycles. The first-order valence-electron chi connectivity index (χ1n) is 9.40. The van der Waals surface area contributed by atoms with E-state index in [1.165, 1.54) is 17.0 Å². The Kier molecular flexibility index (Phi) is 5.31. The van der Waals surface area contributed by atoms with Crippen molar-refractivity contribution in [2.75, 3.05) is 24.7 Å². The summed E-state index contributed by atoms with van der Waals surface area (Å²) in [6.07, 6.45) is 3.21. The minimum Gasteiger partial charge on any atom is -0.331 e. The van der Waals surface area contributed by atoms with E-state index in [1.54, 1.807) is 56.8 Å². The lowest BCUT2D eigenvalue weighted by atomic mass is 10.0. The number of aromatic amines is 1. The predicted molar refractivity (Wildman–Crippen MR) is 116 cm³/mol. The van der Waals surface area contributed by atoms with Crippen molar-refractivity contribution >= 4 is 34.2 Å². The van der Waals surface area contributed by atoms with Crippen LogP contribution >= 0.6 is 0 Å². The fourth-order valence-corrected chi connectivity index (χ4v) is 3.01. The first-order chi connectivity index (χ1) is 14.9. The van der Waals surface area contributed by atoms with Gasteiger partial charge in [-0.15, -0.1) is 0 Å². The maximum Gasteiger partial charge on any atom is 0.321 e. The maximum atomic E-state index is 13.9. The van der Waals surface area contributed by atoms with E-state index in [1.807, 2.05) is 6.07 Å². The molecule has 156 valence electrons. The zero-order valence-corrected chi connectivity index (χ0v) is 16.8. The Morgan fingerprint density at radius 2 is 1.81 bits per heavy atom. The summed E-state index contributed by atoms with van der Waals surface area (Å²) in [5.41, 5.74) is 2.95. The third-order valence-electron chi connectivity index (χ3n) is 4.63. The SMILES string of the molecule is CN(C)C(=O)Nc1cncc(-c2ccc3[nH]nc(C(=O)Nc4ccccc4F)c3c2)c1. The van der Waals surface area contributed by atoms with Crippen LogP contribution in [0.3, 0.4) is 0 Å². The lowest BCUT2D eigenvalue weighted by Crippen LogP contribution is -2.27. The molecule has 9 heteroatoms. The van der Waals surface area contributed by atoms with Crippen LogP contribution in [0.2, 0.25) is 0 Å². The average Bonchev–Trinajstić information content (AvgIpc) is 3.19. The van der Waals surface area contributed by atoms with Crippen LogP contribution in [0.25, 0.3) is 22.0 Å². The Labute approximate surface area is 177 Å². The average molecular weight is 418 g/mol. The van der Waals surface area contributed by atoms with Crippen LogP contribution in [0.4, 0.5) is 20.6 Å². The van der Waals surface area contributed by atoms with Crippen molar-refractivity contribution in [1.29, 1.82) is 0 Å². The molecule has 0 saturated heterocycles. The third kappa shape index (κ3) is 4.20. The van der Waals surface area contributed by atoms with Gasteiger partial charge < -0.3 is 15.5 Å². The van der Waals surface area contributed by atoms with E-state index in [2.05, 4.69) is 25.8 Å². The number of fused-ring (bicyclic) bond motifs is 1. The second kappa shape index (κ2) is 8.23. The van der Waals surface area contributed by atoms with Crippen LogP contribution in [-0.2, 0) is 0 Å². The number of aromatic nitrogens is 3. The molecule has 4 aromatic rings. The number of benzene rings is 2. The predicted octanol–water partition coefficient (Wildman–Crippen LogP) is 4.11. The van der Waals surface area contributed by atoms with Gasteiger partial charge in [-0.2, -0.15) is 5.10 Å². The van der Waals surface area contributed by atoms with Crippen molar-refractivity contribution in [3.05, 3.63) is 72.4 Å². The van der Waals surface area contributed by atoms with Crippen molar-refractivity contribution in [3.63, 3.8) is 0 Å². The lowest BCUT2D eigenvalue weighted by Gasteiger charge is -2.12. The van der Waals surface area contributed by atoms with Gasteiger partial charge in [0.25, 0.3) is 5.91 Å². The molecule has 2 aromatic carbocycles. The molecule has 0 bridgehead atoms. The summed E-state index contributed by atoms with van der Waals surface area (Å²) < 4.78 is 13.9. The van der Waals surface area contributed by atoms with Gasteiger partial charge in [0.1, 0.15) is 5.82 Å². The molecule has 0 radical (unpaired) electrons. The Morgan fingerprint density at radius 1 is 1.00 bits per heavy atom. The van der Waals surface area contributed by atoms with Crippen LogP contribution in [0, 0.1) is 5.82 Å². The topological polar surface area (TPSA) is 103 Å². The number of H-pyrrole nitrogens is 1. The van der Waals surface area contributed by atoms with Crippen LogP contribution in [0.1, 0.15) is 10.5 Å². The highest BCUT2D eigenvalue weighted by Crippen LogP contribution is 2.27. The van der Waals surface area contributed by atoms with E-state index in [9.17, 15) is 14.0 Å². The standard InChI is InChI=1S/C22H19FN6O2/c1-29(2)22(31)25-15-9-14(11-24-12-15)13-7-8-18-16(10-13)20(28-27-18)21(30)26-19-6-4-3-5-17(19)23/h3-12H,1-2H3,(H,25,31)(H,26,30)(H,27,28). The minimum atomic E-state index is -0.529. The molecule has 0 saturated carbocycles. The molecule has 0 aliphatic heterocycles. The van der Waals surface area contributed by atoms with Gasteiger partial charge >= 0.3 is 6.03 Å². The highest BCUT2D eigenvalue weighted by atomic mass is 19.1. The lowest BCUT2D eigenvalue weighted by molar-refractivity contribution is 0.102. The number of nitrogens with one attached hydrogen (secondary N) is 3. The zero-order chi connectivity index (χ0) is 22.0. The highest BCUT2D eigenvalue weighted by molar-refractivity contribution is 6.11. The van der Waals surface area contributed by atoms with E-state index in [-0.39, 0.29) is 17.4 Å². The number of carbonyl (C=O) groups excluding carboxylic acids is 2. The number of hydrogen-bond acceptors (Lipinski definition) is 4. The normalized spacial score (nSPS) is 10.7. The molecule has 0 spiro atoms. The number of para-hydroxylation sites is 1. The Balaban J connectivity index is 1.65. The molecule has 0 fully saturated rings. The highest BCUT2D eigenvalue weighted by Gasteiger charge is 2.17. The largest absolute Gasteiger partial charge is 0.331 e. The van der Waals surface area contributed by atoms with Crippen molar-refractivity contribution in [2.45, 2.75) is 0 Å². The van der Waals surface area contributed by atoms with Crippen LogP contribution < -0.4 is 10.6 Å². The first-order valence-corrected chi connectivity index (χ1v) is 9.40. The molecule has 3 amide bonds. The number of rotatable bonds is 4. The third-order valence-corrected chi connectivity index (χ3v) is 4.63. The summed E-state index contributed by atoms with van der Waals surface area (Å²) in [5.74, 6) is -1.06. The van der Waals surface area contributed by atoms with Gasteiger partial charge in [0.05, 0.1) is 23.1 Å². The van der Waals surface area contributed by atoms with E-state index < -0.39 is 11.7 Å². The van der Waals surface area contributed by atoms with Crippen molar-refractivity contribution < 1.29 is 14.0 Å². The summed E-state index contributed by atoms with van der Waals surface area (Å²) >= 11 is 0. The second-order valence-electron chi connectivity index (χ2n) is 7.05. The van der Waals surface area contributed by atoms with Crippen LogP contribution in [0.15, 0.2) is 60.9 Å². The van der Waals surface area contributed by atoms with E-state index in [0.29, 0.717) is 16.6 Å². The number of halogens is 1. The smallest absolute Gasteiger partial charge is 0.321 e. The molecule has 3 N–H and O–H groups in total. The van der Waals surface area contributed by atoms with Crippen LogP contribution in [-0.4, -0.2) is 46.1 Å². The van der Waals surface area contributed by atoms with E-state index in [0.717, 1.165) is 11.1 Å². The van der Waals surface area contributed by atoms with Crippen LogP contribution in [0.5, 0.6) is 0 Å². The van der Waals surface area contributed by atoms with Gasteiger partial charge in [0, 0.05) is 31.2 Å². The van der Waals surface area contributed by atoms with Gasteiger partial charge in [-0.05, 0) is 35.9 Å². The molecule has 2 heterocycles. The van der Waals surface area contributed by atoms with Gasteiger partial charge in [-0.3, -0.25) is 14.9 Å². The number of anilines is 2. The fourth-order valence-electron chi connectivity index (χ4n) is 3.01. The number of urea groups is 1. The maximum absolute atomic E-state index is 13.9. The van der Waals surface area contributed by atoms with E-state index >= 15 is 0 Å². The molecular weight excluding hydrogens is 399 g/mol. The number of pyridine rings is 1. The number of nitrogens with zero attached hydrogens (tertiary/aromatic N) is 3. The molecule has 0 unspecified atom stereocenters. The number of carbonyl (C=O) groups is 2. The summed E-state index contributed by atoms with van der Waals surface area (Å²) in [6.45, 7) is 0. The van der Waals surface area contributed by atoms with Crippen molar-refractivity contribution in [1.82, 2.24) is 20.1 Å².